The average Bonchev–Trinajstić information content (AvgIpc) is 2.92. The number of hydrogen-bond donors (Lipinski definition) is 0. The molecule has 0 aliphatic rings. The third-order valence-corrected chi connectivity index (χ3v) is 5.87. The van der Waals surface area contributed by atoms with Crippen LogP contribution in [-0.4, -0.2) is 15.0 Å². The summed E-state index contributed by atoms with van der Waals surface area (Å²) in [5.74, 6) is 0. The molecule has 0 saturated heterocycles. The van der Waals surface area contributed by atoms with Crippen molar-refractivity contribution in [2.75, 3.05) is 10.8 Å². The third-order valence-electron chi connectivity index (χ3n) is 2.45. The smallest absolute Gasteiger partial charge is 0.262 e. The van der Waals surface area contributed by atoms with Gasteiger partial charge in [-0.3, -0.25) is 4.31 Å². The Balaban J connectivity index is 2.46. The normalized spacial score (nSPS) is 11.2. The maximum atomic E-state index is 12.5. The highest BCUT2D eigenvalue weighted by Crippen LogP contribution is 2.27. The number of anilines is 1. The van der Waals surface area contributed by atoms with Crippen LogP contribution in [0.25, 0.3) is 0 Å². The second kappa shape index (κ2) is 5.77. The Labute approximate surface area is 121 Å². The fourth-order valence-corrected chi connectivity index (χ4v) is 4.25. The molecule has 0 N–H and O–H groups in total. The van der Waals surface area contributed by atoms with Crippen LogP contribution < -0.4 is 4.31 Å². The molecular formula is C13H12ClNO2S2. The lowest BCUT2D eigenvalue weighted by molar-refractivity contribution is 0.595. The first-order chi connectivity index (χ1) is 9.05. The predicted octanol–water partition coefficient (Wildman–Crippen LogP) is 3.78. The zero-order valence-corrected chi connectivity index (χ0v) is 12.4. The van der Waals surface area contributed by atoms with Crippen molar-refractivity contribution in [3.63, 3.8) is 0 Å². The molecule has 2 aromatic rings. The summed E-state index contributed by atoms with van der Waals surface area (Å²) in [4.78, 5) is 0. The Morgan fingerprint density at radius 2 is 1.95 bits per heavy atom. The minimum Gasteiger partial charge on any atom is -0.262 e. The van der Waals surface area contributed by atoms with Gasteiger partial charge in [0.05, 0.1) is 12.2 Å². The fraction of sp³-hybridized carbons (Fsp3) is 0.0769. The number of hydrogen-bond acceptors (Lipinski definition) is 3. The molecule has 0 aliphatic heterocycles. The van der Waals surface area contributed by atoms with Crippen molar-refractivity contribution in [3.8, 4) is 0 Å². The molecule has 0 bridgehead atoms. The summed E-state index contributed by atoms with van der Waals surface area (Å²) < 4.78 is 26.7. The van der Waals surface area contributed by atoms with Crippen LogP contribution in [0, 0.1) is 0 Å². The number of rotatable bonds is 5. The van der Waals surface area contributed by atoms with Crippen LogP contribution in [0.1, 0.15) is 0 Å². The maximum Gasteiger partial charge on any atom is 0.274 e. The second-order valence-corrected chi connectivity index (χ2v) is 7.21. The van der Waals surface area contributed by atoms with Gasteiger partial charge in [-0.2, -0.15) is 0 Å². The average molecular weight is 314 g/mol. The highest BCUT2D eigenvalue weighted by atomic mass is 35.5. The van der Waals surface area contributed by atoms with E-state index in [2.05, 4.69) is 6.58 Å². The highest BCUT2D eigenvalue weighted by Gasteiger charge is 2.24. The van der Waals surface area contributed by atoms with Crippen LogP contribution in [0.2, 0.25) is 5.02 Å². The van der Waals surface area contributed by atoms with Crippen LogP contribution in [0.5, 0.6) is 0 Å². The van der Waals surface area contributed by atoms with Crippen molar-refractivity contribution in [1.29, 1.82) is 0 Å². The Kier molecular flexibility index (Phi) is 4.29. The van der Waals surface area contributed by atoms with Crippen LogP contribution in [0.4, 0.5) is 5.69 Å². The zero-order chi connectivity index (χ0) is 13.9. The predicted molar refractivity (Wildman–Crippen MR) is 80.5 cm³/mol. The first-order valence-corrected chi connectivity index (χ1v) is 8.18. The number of thiophene rings is 1. The zero-order valence-electron chi connectivity index (χ0n) is 9.99. The van der Waals surface area contributed by atoms with Crippen molar-refractivity contribution in [1.82, 2.24) is 0 Å². The Hall–Kier alpha value is -1.30. The summed E-state index contributed by atoms with van der Waals surface area (Å²) in [5, 5.41) is 2.30. The number of benzene rings is 1. The molecule has 1 aromatic carbocycles. The first kappa shape index (κ1) is 14.1. The molecule has 0 atom stereocenters. The lowest BCUT2D eigenvalue weighted by Crippen LogP contribution is -2.30. The van der Waals surface area contributed by atoms with Crippen molar-refractivity contribution in [2.45, 2.75) is 4.21 Å². The molecule has 1 aromatic heterocycles. The van der Waals surface area contributed by atoms with Gasteiger partial charge >= 0.3 is 0 Å². The van der Waals surface area contributed by atoms with Gasteiger partial charge in [-0.15, -0.1) is 17.9 Å². The van der Waals surface area contributed by atoms with Crippen LogP contribution in [0.15, 0.2) is 58.6 Å². The molecule has 6 heteroatoms. The highest BCUT2D eigenvalue weighted by molar-refractivity contribution is 7.94. The number of sulfonamides is 1. The molecule has 19 heavy (non-hydrogen) atoms. The van der Waals surface area contributed by atoms with E-state index in [-0.39, 0.29) is 6.54 Å². The molecule has 0 unspecified atom stereocenters. The van der Waals surface area contributed by atoms with E-state index < -0.39 is 10.0 Å². The second-order valence-electron chi connectivity index (χ2n) is 3.73. The SMILES string of the molecule is C=CCN(c1ccc(Cl)cc1)S(=O)(=O)c1cccs1. The van der Waals surface area contributed by atoms with E-state index in [0.29, 0.717) is 14.9 Å². The van der Waals surface area contributed by atoms with Gasteiger partial charge < -0.3 is 0 Å². The quantitative estimate of drug-likeness (QED) is 0.788. The summed E-state index contributed by atoms with van der Waals surface area (Å²) in [5.41, 5.74) is 0.567. The largest absolute Gasteiger partial charge is 0.274 e. The van der Waals surface area contributed by atoms with Crippen LogP contribution in [-0.2, 0) is 10.0 Å². The Bertz CT molecular complexity index is 648. The summed E-state index contributed by atoms with van der Waals surface area (Å²) in [6, 6.07) is 9.99. The molecule has 0 fully saturated rings. The van der Waals surface area contributed by atoms with Gasteiger partial charge in [-0.1, -0.05) is 23.7 Å². The molecule has 100 valence electrons. The van der Waals surface area contributed by atoms with E-state index in [1.807, 2.05) is 0 Å². The molecule has 2 rings (SSSR count). The molecule has 0 radical (unpaired) electrons. The lowest BCUT2D eigenvalue weighted by atomic mass is 10.3. The van der Waals surface area contributed by atoms with E-state index in [1.54, 1.807) is 47.9 Å². The molecule has 0 aliphatic carbocycles. The number of halogens is 1. The van der Waals surface area contributed by atoms with Gasteiger partial charge in [0.1, 0.15) is 4.21 Å². The Morgan fingerprint density at radius 1 is 1.26 bits per heavy atom. The topological polar surface area (TPSA) is 37.4 Å². The van der Waals surface area contributed by atoms with Gasteiger partial charge in [0, 0.05) is 5.02 Å². The van der Waals surface area contributed by atoms with Crippen molar-refractivity contribution >= 4 is 38.6 Å². The fourth-order valence-electron chi connectivity index (χ4n) is 1.59. The van der Waals surface area contributed by atoms with Gasteiger partial charge in [-0.05, 0) is 35.7 Å². The van der Waals surface area contributed by atoms with Crippen molar-refractivity contribution in [2.24, 2.45) is 0 Å². The first-order valence-electron chi connectivity index (χ1n) is 5.48. The van der Waals surface area contributed by atoms with Gasteiger partial charge in [-0.25, -0.2) is 8.42 Å². The molecule has 0 amide bonds. The van der Waals surface area contributed by atoms with Crippen molar-refractivity contribution < 1.29 is 8.42 Å². The summed E-state index contributed by atoms with van der Waals surface area (Å²) in [6.07, 6.45) is 1.56. The standard InChI is InChI=1S/C13H12ClNO2S2/c1-2-9-15(12-7-5-11(14)6-8-12)19(16,17)13-4-3-10-18-13/h2-8,10H,1,9H2. The molecule has 1 heterocycles. The monoisotopic (exact) mass is 313 g/mol. The summed E-state index contributed by atoms with van der Waals surface area (Å²) in [6.45, 7) is 3.82. The maximum absolute atomic E-state index is 12.5. The number of nitrogens with zero attached hydrogens (tertiary/aromatic N) is 1. The minimum atomic E-state index is -3.55. The van der Waals surface area contributed by atoms with Crippen LogP contribution >= 0.6 is 22.9 Å². The molecular weight excluding hydrogens is 302 g/mol. The molecule has 0 spiro atoms. The van der Waals surface area contributed by atoms with E-state index in [4.69, 9.17) is 11.6 Å². The third kappa shape index (κ3) is 3.00. The van der Waals surface area contributed by atoms with Gasteiger partial charge in [0.2, 0.25) is 0 Å². The minimum absolute atomic E-state index is 0.210. The summed E-state index contributed by atoms with van der Waals surface area (Å²) >= 11 is 7.01. The molecule has 3 nitrogen and oxygen atoms in total. The molecule has 0 saturated carbocycles. The van der Waals surface area contributed by atoms with E-state index >= 15 is 0 Å². The van der Waals surface area contributed by atoms with E-state index in [9.17, 15) is 8.42 Å². The Morgan fingerprint density at radius 3 is 2.47 bits per heavy atom. The van der Waals surface area contributed by atoms with Crippen molar-refractivity contribution in [3.05, 3.63) is 59.5 Å². The van der Waals surface area contributed by atoms with E-state index in [0.717, 1.165) is 0 Å². The van der Waals surface area contributed by atoms with Gasteiger partial charge in [0.15, 0.2) is 0 Å². The summed E-state index contributed by atoms with van der Waals surface area (Å²) in [7, 11) is -3.55. The van der Waals surface area contributed by atoms with Crippen LogP contribution in [0.3, 0.4) is 0 Å². The van der Waals surface area contributed by atoms with Gasteiger partial charge in [0.25, 0.3) is 10.0 Å². The van der Waals surface area contributed by atoms with E-state index in [1.165, 1.54) is 15.6 Å². The lowest BCUT2D eigenvalue weighted by Gasteiger charge is -2.22.